The third kappa shape index (κ3) is 6.05. The highest BCUT2D eigenvalue weighted by molar-refractivity contribution is 8.01. The van der Waals surface area contributed by atoms with Crippen LogP contribution in [-0.4, -0.2) is 125 Å². The minimum Gasteiger partial charge on any atom is -0.477 e. The Morgan fingerprint density at radius 1 is 1.38 bits per heavy atom. The number of rotatable bonds is 10. The van der Waals surface area contributed by atoms with E-state index in [0.717, 1.165) is 11.3 Å². The van der Waals surface area contributed by atoms with Gasteiger partial charge in [0.2, 0.25) is 11.1 Å². The second-order valence-electron chi connectivity index (χ2n) is 9.41. The summed E-state index contributed by atoms with van der Waals surface area (Å²) in [5.41, 5.74) is 6.03. The third-order valence-corrected chi connectivity index (χ3v) is 9.64. The van der Waals surface area contributed by atoms with Gasteiger partial charge in [-0.05, 0) is 22.9 Å². The lowest BCUT2D eigenvalue weighted by atomic mass is 10.0. The van der Waals surface area contributed by atoms with E-state index >= 15 is 0 Å². The summed E-state index contributed by atoms with van der Waals surface area (Å²) in [6, 6.07) is -0.787. The van der Waals surface area contributed by atoms with E-state index in [4.69, 9.17) is 10.6 Å². The summed E-state index contributed by atoms with van der Waals surface area (Å²) in [7, 11) is 1.27. The first-order valence-corrected chi connectivity index (χ1v) is 15.5. The molecule has 5 heterocycles. The van der Waals surface area contributed by atoms with Crippen LogP contribution in [0.3, 0.4) is 0 Å². The summed E-state index contributed by atoms with van der Waals surface area (Å²) in [5.74, 6) is -2.20. The number of tetrazole rings is 1. The average molecular weight is 638 g/mol. The Labute approximate surface area is 251 Å². The van der Waals surface area contributed by atoms with E-state index in [1.807, 2.05) is 6.92 Å². The summed E-state index contributed by atoms with van der Waals surface area (Å²) >= 11 is 3.61. The first-order valence-electron chi connectivity index (χ1n) is 12.6. The number of thiazole rings is 1. The van der Waals surface area contributed by atoms with Gasteiger partial charge >= 0.3 is 5.97 Å². The third-order valence-electron chi connectivity index (χ3n) is 6.58. The first-order chi connectivity index (χ1) is 20.2. The number of nitrogens with zero attached hydrogens (tertiary/aromatic N) is 8. The normalized spacial score (nSPS) is 22.5. The molecule has 2 fully saturated rings. The molecule has 0 saturated carbocycles. The van der Waals surface area contributed by atoms with E-state index < -0.39 is 29.2 Å². The van der Waals surface area contributed by atoms with Gasteiger partial charge in [-0.2, -0.15) is 0 Å². The van der Waals surface area contributed by atoms with Gasteiger partial charge in [-0.15, -0.1) is 28.2 Å². The molecule has 2 unspecified atom stereocenters. The van der Waals surface area contributed by atoms with Gasteiger partial charge in [-0.25, -0.2) is 14.5 Å². The highest BCUT2D eigenvalue weighted by Gasteiger charge is 2.54. The Morgan fingerprint density at radius 2 is 2.19 bits per heavy atom. The van der Waals surface area contributed by atoms with Gasteiger partial charge in [0.05, 0.1) is 0 Å². The fraction of sp³-hybridized carbons (Fsp3) is 0.500. The summed E-state index contributed by atoms with van der Waals surface area (Å²) in [5, 5.41) is 32.7. The molecular formula is C22H27N11O6S3. The van der Waals surface area contributed by atoms with Crippen LogP contribution in [0.5, 0.6) is 0 Å². The van der Waals surface area contributed by atoms with Crippen LogP contribution in [0.4, 0.5) is 5.13 Å². The number of carbonyl (C=O) groups excluding carboxylic acids is 3. The molecule has 2 aromatic heterocycles. The number of carbonyl (C=O) groups is 4. The number of nitrogens with one attached hydrogen (secondary N) is 2. The standard InChI is InChI=1S/C22H27N11O6S3/c1-10-5-31(4-3-24-10)13(34)6-32-22(27-29-30-32)42-8-11-7-40-19-15(18(36)33(19)16(11)20(37)38)26-17(35)14(28-39-2)12-9-41-21(23)25-12/h9-10,15,19,24H,3-8H2,1-2H3,(H2,23,25)(H,26,35)(H,37,38)/t10?,15?,19-/m0/s1. The van der Waals surface area contributed by atoms with Crippen molar-refractivity contribution >= 4 is 69.4 Å². The number of thioether (sulfide) groups is 2. The second kappa shape index (κ2) is 12.6. The first kappa shape index (κ1) is 29.7. The molecule has 3 aliphatic heterocycles. The molecule has 5 rings (SSSR count). The number of nitrogen functional groups attached to an aromatic ring is 1. The fourth-order valence-electron chi connectivity index (χ4n) is 4.63. The molecule has 3 aliphatic rings. The molecule has 20 heteroatoms. The number of anilines is 1. The minimum atomic E-state index is -1.27. The maximum Gasteiger partial charge on any atom is 0.352 e. The summed E-state index contributed by atoms with van der Waals surface area (Å²) in [4.78, 5) is 62.8. The Hall–Kier alpha value is -3.75. The van der Waals surface area contributed by atoms with Gasteiger partial charge in [-0.1, -0.05) is 16.9 Å². The zero-order valence-electron chi connectivity index (χ0n) is 22.4. The van der Waals surface area contributed by atoms with Crippen molar-refractivity contribution in [2.24, 2.45) is 5.16 Å². The van der Waals surface area contributed by atoms with Crippen molar-refractivity contribution in [2.75, 3.05) is 44.0 Å². The molecule has 0 aliphatic carbocycles. The van der Waals surface area contributed by atoms with Gasteiger partial charge in [0, 0.05) is 42.6 Å². The monoisotopic (exact) mass is 637 g/mol. The van der Waals surface area contributed by atoms with E-state index in [0.29, 0.717) is 30.4 Å². The van der Waals surface area contributed by atoms with E-state index in [1.54, 1.807) is 4.90 Å². The fourth-order valence-corrected chi connectivity index (χ4v) is 7.54. The number of carboxylic acids is 1. The topological polar surface area (TPSA) is 223 Å². The molecule has 3 atom stereocenters. The van der Waals surface area contributed by atoms with E-state index in [-0.39, 0.29) is 52.2 Å². The van der Waals surface area contributed by atoms with Gasteiger partial charge in [0.1, 0.15) is 36.5 Å². The molecule has 2 aromatic rings. The molecule has 0 radical (unpaired) electrons. The minimum absolute atomic E-state index is 0.0441. The molecule has 0 spiro atoms. The van der Waals surface area contributed by atoms with Crippen molar-refractivity contribution in [3.63, 3.8) is 0 Å². The Bertz CT molecular complexity index is 1460. The molecule has 224 valence electrons. The highest BCUT2D eigenvalue weighted by Crippen LogP contribution is 2.41. The Morgan fingerprint density at radius 3 is 2.88 bits per heavy atom. The van der Waals surface area contributed by atoms with E-state index in [2.05, 4.69) is 36.3 Å². The lowest BCUT2D eigenvalue weighted by Crippen LogP contribution is -2.71. The quantitative estimate of drug-likeness (QED) is 0.0999. The van der Waals surface area contributed by atoms with Crippen molar-refractivity contribution in [1.29, 1.82) is 0 Å². The molecule has 0 aromatic carbocycles. The van der Waals surface area contributed by atoms with Crippen LogP contribution >= 0.6 is 34.9 Å². The van der Waals surface area contributed by atoms with Crippen molar-refractivity contribution in [2.45, 2.75) is 36.1 Å². The van der Waals surface area contributed by atoms with Gasteiger partial charge in [0.25, 0.3) is 11.8 Å². The van der Waals surface area contributed by atoms with Crippen molar-refractivity contribution < 1.29 is 29.1 Å². The van der Waals surface area contributed by atoms with Crippen LogP contribution in [0.1, 0.15) is 12.6 Å². The van der Waals surface area contributed by atoms with Crippen LogP contribution in [0, 0.1) is 0 Å². The van der Waals surface area contributed by atoms with Crippen LogP contribution in [0.25, 0.3) is 0 Å². The Balaban J connectivity index is 1.24. The number of oxime groups is 1. The number of fused-ring (bicyclic) bond motifs is 1. The van der Waals surface area contributed by atoms with Crippen LogP contribution < -0.4 is 16.4 Å². The number of hydrogen-bond acceptors (Lipinski definition) is 15. The Kier molecular flexibility index (Phi) is 8.94. The van der Waals surface area contributed by atoms with Crippen molar-refractivity contribution in [1.82, 2.24) is 45.6 Å². The molecule has 17 nitrogen and oxygen atoms in total. The smallest absolute Gasteiger partial charge is 0.352 e. The van der Waals surface area contributed by atoms with Crippen molar-refractivity contribution in [3.05, 3.63) is 22.3 Å². The summed E-state index contributed by atoms with van der Waals surface area (Å²) in [6.45, 7) is 3.84. The lowest BCUT2D eigenvalue weighted by Gasteiger charge is -2.49. The van der Waals surface area contributed by atoms with Gasteiger partial charge < -0.3 is 31.2 Å². The molecule has 42 heavy (non-hydrogen) atoms. The zero-order valence-corrected chi connectivity index (χ0v) is 24.9. The number of piperazine rings is 1. The number of aliphatic carboxylic acids is 1. The number of amides is 3. The molecule has 2 saturated heterocycles. The highest BCUT2D eigenvalue weighted by atomic mass is 32.2. The number of hydrogen-bond donors (Lipinski definition) is 4. The largest absolute Gasteiger partial charge is 0.477 e. The van der Waals surface area contributed by atoms with Crippen LogP contribution in [0.15, 0.2) is 27.0 Å². The zero-order chi connectivity index (χ0) is 30.0. The maximum atomic E-state index is 13.1. The van der Waals surface area contributed by atoms with E-state index in [1.165, 1.54) is 45.6 Å². The number of carboxylic acid groups (broad SMARTS) is 1. The summed E-state index contributed by atoms with van der Waals surface area (Å²) in [6.07, 6.45) is 0. The van der Waals surface area contributed by atoms with E-state index in [9.17, 15) is 24.3 Å². The molecule has 3 amide bonds. The second-order valence-corrected chi connectivity index (χ2v) is 12.4. The predicted octanol–water partition coefficient (Wildman–Crippen LogP) is -1.59. The van der Waals surface area contributed by atoms with Crippen LogP contribution in [-0.2, 0) is 30.6 Å². The van der Waals surface area contributed by atoms with Gasteiger partial charge in [0.15, 0.2) is 10.8 Å². The summed E-state index contributed by atoms with van der Waals surface area (Å²) < 4.78 is 1.38. The lowest BCUT2D eigenvalue weighted by molar-refractivity contribution is -0.150. The van der Waals surface area contributed by atoms with Gasteiger partial charge in [-0.3, -0.25) is 19.3 Å². The number of nitrogens with two attached hydrogens (primary N) is 1. The molecule has 5 N–H and O–H groups in total. The number of β-lactam (4-membered cyclic amide) rings is 1. The average Bonchev–Trinajstić information content (AvgIpc) is 3.60. The van der Waals surface area contributed by atoms with Crippen molar-refractivity contribution in [3.8, 4) is 0 Å². The maximum absolute atomic E-state index is 13.1. The number of aromatic nitrogens is 5. The predicted molar refractivity (Wildman–Crippen MR) is 152 cm³/mol. The van der Waals surface area contributed by atoms with Crippen LogP contribution in [0.2, 0.25) is 0 Å². The SMILES string of the molecule is CON=C(C(=O)NC1C(=O)N2C(C(=O)O)=C(CSc3nnnn3CC(=O)N3CCNC(C)C3)CS[C@@H]12)c1csc(N)n1. The molecular weight excluding hydrogens is 611 g/mol. The molecule has 0 bridgehead atoms.